The Bertz CT molecular complexity index is 1570. The molecule has 48 heavy (non-hydrogen) atoms. The number of benzene rings is 2. The lowest BCUT2D eigenvalue weighted by molar-refractivity contribution is -0.164. The lowest BCUT2D eigenvalue weighted by Gasteiger charge is -2.71. The van der Waals surface area contributed by atoms with Crippen molar-refractivity contribution in [1.29, 1.82) is 0 Å². The monoisotopic (exact) mass is 638 g/mol. The molecule has 8 aliphatic rings. The van der Waals surface area contributed by atoms with Crippen LogP contribution in [-0.4, -0.2) is 26.4 Å². The Morgan fingerprint density at radius 1 is 0.500 bits per heavy atom. The lowest BCUT2D eigenvalue weighted by Crippen LogP contribution is -2.65. The van der Waals surface area contributed by atoms with Crippen LogP contribution in [0, 0.1) is 96.7 Å². The zero-order valence-electron chi connectivity index (χ0n) is 27.9. The van der Waals surface area contributed by atoms with Crippen molar-refractivity contribution in [2.24, 2.45) is 47.3 Å². The summed E-state index contributed by atoms with van der Waals surface area (Å²) in [5, 5.41) is 0. The molecule has 2 aromatic carbocycles. The molecule has 4 nitrogen and oxygen atoms in total. The largest absolute Gasteiger partial charge is 0.481 e. The number of rotatable bonds is 11. The molecular weight excluding hydrogens is 592 g/mol. The van der Waals surface area contributed by atoms with E-state index in [1.165, 1.54) is 75.3 Å². The van der Waals surface area contributed by atoms with Gasteiger partial charge < -0.3 is 18.9 Å². The minimum absolute atomic E-state index is 0.0199. The zero-order valence-corrected chi connectivity index (χ0v) is 27.9. The van der Waals surface area contributed by atoms with E-state index in [4.69, 9.17) is 44.6 Å². The van der Waals surface area contributed by atoms with Crippen molar-refractivity contribution in [2.45, 2.75) is 75.0 Å². The quantitative estimate of drug-likeness (QED) is 0.235. The van der Waals surface area contributed by atoms with Crippen LogP contribution in [0.1, 0.15) is 75.3 Å². The van der Waals surface area contributed by atoms with E-state index in [1.54, 1.807) is 0 Å². The Kier molecular flexibility index (Phi) is 8.05. The third kappa shape index (κ3) is 5.04. The van der Waals surface area contributed by atoms with Gasteiger partial charge in [0.05, 0.1) is 0 Å². The summed E-state index contributed by atoms with van der Waals surface area (Å²) in [4.78, 5) is 0. The van der Waals surface area contributed by atoms with Gasteiger partial charge >= 0.3 is 0 Å². The maximum Gasteiger partial charge on any atom is 0.148 e. The molecule has 8 fully saturated rings. The number of hydrogen-bond donors (Lipinski definition) is 0. The summed E-state index contributed by atoms with van der Waals surface area (Å²) in [6.45, 7) is 0.899. The van der Waals surface area contributed by atoms with E-state index < -0.39 is 0 Å². The summed E-state index contributed by atoms with van der Waals surface area (Å²) in [5.74, 6) is 19.4. The molecule has 10 rings (SSSR count). The first-order valence-corrected chi connectivity index (χ1v) is 18.0. The van der Waals surface area contributed by atoms with Crippen LogP contribution in [0.5, 0.6) is 23.0 Å². The highest BCUT2D eigenvalue weighted by atomic mass is 16.5. The van der Waals surface area contributed by atoms with Gasteiger partial charge in [-0.2, -0.15) is 0 Å². The molecule has 2 aromatic rings. The standard InChI is InChI=1S/C44H46O4/c1-5-13-45-35-9-11-37(39(23-35)47-15-7-3)43-25-29-17-30(26-43)20-33(19-29)41(43)42-34-21-31-18-32(22-34)28-44(42,27-31)38-12-10-36(46-14-6-2)24-40(38)48-16-8-4/h1-4,9-12,23-24,29-34,41-42H,13-22,25-28H2. The Labute approximate surface area is 287 Å². The van der Waals surface area contributed by atoms with E-state index in [1.807, 2.05) is 12.1 Å². The second-order valence-corrected chi connectivity index (χ2v) is 15.9. The third-order valence-electron chi connectivity index (χ3n) is 13.4. The molecule has 8 aliphatic carbocycles. The smallest absolute Gasteiger partial charge is 0.148 e. The first kappa shape index (κ1) is 31.2. The van der Waals surface area contributed by atoms with E-state index >= 15 is 0 Å². The van der Waals surface area contributed by atoms with E-state index in [0.29, 0.717) is 23.7 Å². The Morgan fingerprint density at radius 2 is 0.854 bits per heavy atom. The molecule has 8 saturated carbocycles. The van der Waals surface area contributed by atoms with Gasteiger partial charge in [0.2, 0.25) is 0 Å². The SMILES string of the molecule is C#CCOc1ccc(C23CC4CC(CC(C4)C2C2C4CC5CC(C4)CC2(c2ccc(OCC#C)cc2OCC#C)C5)C3)c(OCC#C)c1. The zero-order chi connectivity index (χ0) is 32.9. The van der Waals surface area contributed by atoms with Crippen molar-refractivity contribution in [2.75, 3.05) is 26.4 Å². The van der Waals surface area contributed by atoms with Gasteiger partial charge in [0.25, 0.3) is 0 Å². The fourth-order valence-corrected chi connectivity index (χ4v) is 13.0. The summed E-state index contributed by atoms with van der Waals surface area (Å²) in [6, 6.07) is 12.9. The van der Waals surface area contributed by atoms with Gasteiger partial charge in [-0.3, -0.25) is 0 Å². The first-order valence-electron chi connectivity index (χ1n) is 18.0. The van der Waals surface area contributed by atoms with E-state index in [0.717, 1.165) is 46.7 Å². The molecule has 0 amide bonds. The Hall–Kier alpha value is -4.12. The Morgan fingerprint density at radius 3 is 1.21 bits per heavy atom. The molecule has 6 atom stereocenters. The Balaban J connectivity index is 1.28. The molecule has 8 bridgehead atoms. The lowest BCUT2D eigenvalue weighted by atomic mass is 9.33. The van der Waals surface area contributed by atoms with Gasteiger partial charge in [-0.15, -0.1) is 25.7 Å². The van der Waals surface area contributed by atoms with Crippen LogP contribution < -0.4 is 18.9 Å². The van der Waals surface area contributed by atoms with Crippen LogP contribution in [0.4, 0.5) is 0 Å². The van der Waals surface area contributed by atoms with Crippen LogP contribution in [0.3, 0.4) is 0 Å². The average molecular weight is 639 g/mol. The minimum atomic E-state index is 0.0199. The average Bonchev–Trinajstić information content (AvgIpc) is 3.08. The predicted molar refractivity (Wildman–Crippen MR) is 188 cm³/mol. The maximum atomic E-state index is 6.43. The molecular formula is C44H46O4. The van der Waals surface area contributed by atoms with Gasteiger partial charge in [0, 0.05) is 34.1 Å². The normalized spacial score (nSPS) is 36.3. The first-order chi connectivity index (χ1) is 23.5. The molecule has 0 radical (unpaired) electrons. The molecule has 6 unspecified atom stereocenters. The second-order valence-electron chi connectivity index (χ2n) is 15.9. The molecule has 0 N–H and O–H groups in total. The van der Waals surface area contributed by atoms with Gasteiger partial charge in [0.15, 0.2) is 0 Å². The maximum absolute atomic E-state index is 6.43. The summed E-state index contributed by atoms with van der Waals surface area (Å²) in [7, 11) is 0. The minimum Gasteiger partial charge on any atom is -0.481 e. The topological polar surface area (TPSA) is 36.9 Å². The van der Waals surface area contributed by atoms with Crippen molar-refractivity contribution in [3.8, 4) is 72.4 Å². The summed E-state index contributed by atoms with van der Waals surface area (Å²) in [6.07, 6.45) is 35.6. The van der Waals surface area contributed by atoms with Gasteiger partial charge in [-0.05, 0) is 124 Å². The molecule has 4 heteroatoms. The third-order valence-corrected chi connectivity index (χ3v) is 13.4. The number of ether oxygens (including phenoxy) is 4. The fraction of sp³-hybridized carbons (Fsp3) is 0.545. The highest BCUT2D eigenvalue weighted by Crippen LogP contribution is 2.74. The van der Waals surface area contributed by atoms with Gasteiger partial charge in [-0.1, -0.05) is 35.8 Å². The molecule has 0 aromatic heterocycles. The van der Waals surface area contributed by atoms with Crippen molar-refractivity contribution < 1.29 is 18.9 Å². The van der Waals surface area contributed by atoms with Crippen LogP contribution in [0.25, 0.3) is 0 Å². The number of hydrogen-bond acceptors (Lipinski definition) is 4. The van der Waals surface area contributed by atoms with Crippen LogP contribution in [0.2, 0.25) is 0 Å². The van der Waals surface area contributed by atoms with E-state index in [-0.39, 0.29) is 37.3 Å². The molecule has 0 heterocycles. The second kappa shape index (κ2) is 12.4. The highest BCUT2D eigenvalue weighted by molar-refractivity contribution is 5.51. The summed E-state index contributed by atoms with van der Waals surface area (Å²) in [5.41, 5.74) is 2.71. The van der Waals surface area contributed by atoms with E-state index in [2.05, 4.69) is 47.9 Å². The van der Waals surface area contributed by atoms with Crippen LogP contribution >= 0.6 is 0 Å². The van der Waals surface area contributed by atoms with Crippen LogP contribution in [0.15, 0.2) is 36.4 Å². The summed E-state index contributed by atoms with van der Waals surface area (Å²) >= 11 is 0. The highest BCUT2D eigenvalue weighted by Gasteiger charge is 2.68. The molecule has 0 aliphatic heterocycles. The fourth-order valence-electron chi connectivity index (χ4n) is 13.0. The van der Waals surface area contributed by atoms with Gasteiger partial charge in [-0.25, -0.2) is 0 Å². The van der Waals surface area contributed by atoms with Gasteiger partial charge in [0.1, 0.15) is 49.4 Å². The predicted octanol–water partition coefficient (Wildman–Crippen LogP) is 7.82. The van der Waals surface area contributed by atoms with Crippen molar-refractivity contribution in [3.63, 3.8) is 0 Å². The molecule has 0 spiro atoms. The number of terminal acetylenes is 4. The van der Waals surface area contributed by atoms with Crippen molar-refractivity contribution >= 4 is 0 Å². The summed E-state index contributed by atoms with van der Waals surface area (Å²) < 4.78 is 24.7. The molecule has 0 saturated heterocycles. The number of fused-ring (bicyclic) bond motifs is 1. The van der Waals surface area contributed by atoms with Crippen molar-refractivity contribution in [3.05, 3.63) is 47.5 Å². The molecule has 246 valence electrons. The van der Waals surface area contributed by atoms with Crippen molar-refractivity contribution in [1.82, 2.24) is 0 Å². The van der Waals surface area contributed by atoms with Crippen LogP contribution in [-0.2, 0) is 10.8 Å². The van der Waals surface area contributed by atoms with E-state index in [9.17, 15) is 0 Å².